The topological polar surface area (TPSA) is 96.5 Å². The molecule has 1 saturated heterocycles. The van der Waals surface area contributed by atoms with E-state index in [1.165, 1.54) is 22.9 Å². The van der Waals surface area contributed by atoms with Crippen LogP contribution in [0, 0.1) is 0 Å². The van der Waals surface area contributed by atoms with E-state index in [0.29, 0.717) is 6.42 Å². The molecule has 1 amide bonds. The van der Waals surface area contributed by atoms with Crippen molar-refractivity contribution < 1.29 is 14.7 Å². The van der Waals surface area contributed by atoms with Gasteiger partial charge in [-0.2, -0.15) is 0 Å². The molecular weight excluding hydrogens is 278 g/mol. The molecule has 1 aromatic rings. The van der Waals surface area contributed by atoms with Crippen LogP contribution in [-0.2, 0) is 16.0 Å². The lowest BCUT2D eigenvalue weighted by atomic mass is 10.0. The first-order valence-electron chi connectivity index (χ1n) is 6.15. The number of hydrogen-bond acceptors (Lipinski definition) is 5. The Morgan fingerprint density at radius 1 is 1.55 bits per heavy atom. The molecule has 2 aliphatic heterocycles. The van der Waals surface area contributed by atoms with Crippen molar-refractivity contribution >= 4 is 23.6 Å². The van der Waals surface area contributed by atoms with Crippen LogP contribution < -0.4 is 5.73 Å². The molecule has 0 aliphatic carbocycles. The number of hydrogen-bond donors (Lipinski definition) is 2. The summed E-state index contributed by atoms with van der Waals surface area (Å²) in [6.45, 7) is 0. The van der Waals surface area contributed by atoms with E-state index in [9.17, 15) is 14.7 Å². The van der Waals surface area contributed by atoms with Crippen molar-refractivity contribution in [2.24, 2.45) is 5.73 Å². The second-order valence-corrected chi connectivity index (χ2v) is 6.07. The van der Waals surface area contributed by atoms with Crippen LogP contribution in [0.2, 0.25) is 0 Å². The van der Waals surface area contributed by atoms with Gasteiger partial charge in [-0.1, -0.05) is 6.07 Å². The minimum Gasteiger partial charge on any atom is -0.478 e. The molecule has 1 aromatic heterocycles. The van der Waals surface area contributed by atoms with Crippen LogP contribution in [0.1, 0.15) is 5.56 Å². The molecule has 3 heterocycles. The van der Waals surface area contributed by atoms with E-state index in [2.05, 4.69) is 4.98 Å². The van der Waals surface area contributed by atoms with Crippen molar-refractivity contribution in [3.8, 4) is 0 Å². The average Bonchev–Trinajstić information content (AvgIpc) is 2.46. The fourth-order valence-corrected chi connectivity index (χ4v) is 3.87. The minimum absolute atomic E-state index is 0.160. The summed E-state index contributed by atoms with van der Waals surface area (Å²) in [6.07, 6.45) is 5.38. The molecule has 3 atom stereocenters. The maximum Gasteiger partial charge on any atom is 0.334 e. The molecule has 104 valence electrons. The van der Waals surface area contributed by atoms with Gasteiger partial charge in [0.2, 0.25) is 5.91 Å². The summed E-state index contributed by atoms with van der Waals surface area (Å²) in [5.41, 5.74) is 6.95. The number of carboxylic acids is 1. The normalized spacial score (nSPS) is 28.4. The number of pyridine rings is 1. The summed E-state index contributed by atoms with van der Waals surface area (Å²) < 4.78 is 0. The third kappa shape index (κ3) is 2.08. The zero-order valence-electron chi connectivity index (χ0n) is 10.5. The third-order valence-electron chi connectivity index (χ3n) is 3.44. The van der Waals surface area contributed by atoms with Crippen LogP contribution in [0.15, 0.2) is 36.3 Å². The van der Waals surface area contributed by atoms with Gasteiger partial charge in [0.05, 0.1) is 5.57 Å². The van der Waals surface area contributed by atoms with Crippen molar-refractivity contribution in [3.05, 3.63) is 41.9 Å². The summed E-state index contributed by atoms with van der Waals surface area (Å²) in [6, 6.07) is 3.19. The van der Waals surface area contributed by atoms with Crippen LogP contribution in [0.5, 0.6) is 0 Å². The Kier molecular flexibility index (Phi) is 3.23. The van der Waals surface area contributed by atoms with E-state index in [4.69, 9.17) is 5.73 Å². The molecule has 6 nitrogen and oxygen atoms in total. The van der Waals surface area contributed by atoms with Gasteiger partial charge in [-0.15, -0.1) is 11.8 Å². The molecule has 3 rings (SSSR count). The molecule has 3 N–H and O–H groups in total. The van der Waals surface area contributed by atoms with Crippen molar-refractivity contribution in [1.82, 2.24) is 9.88 Å². The van der Waals surface area contributed by atoms with Gasteiger partial charge in [-0.05, 0) is 18.1 Å². The maximum atomic E-state index is 11.6. The maximum absolute atomic E-state index is 11.6. The second kappa shape index (κ2) is 4.92. The summed E-state index contributed by atoms with van der Waals surface area (Å²) in [4.78, 5) is 28.4. The molecule has 20 heavy (non-hydrogen) atoms. The number of nitrogens with two attached hydrogens (primary N) is 1. The molecule has 0 bridgehead atoms. The first-order chi connectivity index (χ1) is 9.58. The lowest BCUT2D eigenvalue weighted by Gasteiger charge is -2.47. The van der Waals surface area contributed by atoms with E-state index in [-0.39, 0.29) is 22.1 Å². The highest BCUT2D eigenvalue weighted by Gasteiger charge is 2.49. The quantitative estimate of drug-likeness (QED) is 0.772. The first-order valence-corrected chi connectivity index (χ1v) is 7.09. The SMILES string of the molecule is NC1C(=O)N2C=C(C(=O)O)C(Cc3cccnc3)S[C@H]12. The standard InChI is InChI=1S/C13H13N3O3S/c14-10-11(17)16-6-8(13(18)19)9(20-12(10)16)4-7-2-1-3-15-5-7/h1-3,5-6,9-10,12H,4,14H2,(H,18,19)/t9?,10?,12-/m1/s1. The van der Waals surface area contributed by atoms with Crippen molar-refractivity contribution in [1.29, 1.82) is 0 Å². The zero-order chi connectivity index (χ0) is 14.3. The van der Waals surface area contributed by atoms with Crippen LogP contribution in [0.4, 0.5) is 0 Å². The Bertz CT molecular complexity index is 590. The molecule has 0 spiro atoms. The summed E-state index contributed by atoms with van der Waals surface area (Å²) >= 11 is 1.43. The molecule has 2 unspecified atom stereocenters. The lowest BCUT2D eigenvalue weighted by Crippen LogP contribution is -2.66. The lowest BCUT2D eigenvalue weighted by molar-refractivity contribution is -0.140. The highest BCUT2D eigenvalue weighted by Crippen LogP contribution is 2.40. The Labute approximate surface area is 119 Å². The van der Waals surface area contributed by atoms with E-state index in [1.54, 1.807) is 12.4 Å². The van der Waals surface area contributed by atoms with Gasteiger partial charge < -0.3 is 15.7 Å². The van der Waals surface area contributed by atoms with Gasteiger partial charge in [0.15, 0.2) is 0 Å². The van der Waals surface area contributed by atoms with Gasteiger partial charge in [-0.25, -0.2) is 4.79 Å². The predicted molar refractivity (Wildman–Crippen MR) is 73.6 cm³/mol. The molecule has 1 fully saturated rings. The van der Waals surface area contributed by atoms with Crippen LogP contribution in [0.25, 0.3) is 0 Å². The third-order valence-corrected chi connectivity index (χ3v) is 4.99. The number of thioether (sulfide) groups is 1. The van der Waals surface area contributed by atoms with Crippen molar-refractivity contribution in [2.75, 3.05) is 0 Å². The number of fused-ring (bicyclic) bond motifs is 1. The summed E-state index contributed by atoms with van der Waals surface area (Å²) in [5.74, 6) is -1.22. The highest BCUT2D eigenvalue weighted by molar-refractivity contribution is 8.01. The summed E-state index contributed by atoms with van der Waals surface area (Å²) in [5, 5.41) is 8.92. The van der Waals surface area contributed by atoms with Crippen molar-refractivity contribution in [3.63, 3.8) is 0 Å². The predicted octanol–water partition coefficient (Wildman–Crippen LogP) is 0.204. The van der Waals surface area contributed by atoms with Crippen molar-refractivity contribution in [2.45, 2.75) is 23.1 Å². The minimum atomic E-state index is -1.00. The number of nitrogens with zero attached hydrogens (tertiary/aromatic N) is 2. The van der Waals surface area contributed by atoms with Crippen LogP contribution in [-0.4, -0.2) is 43.5 Å². The smallest absolute Gasteiger partial charge is 0.334 e. The van der Waals surface area contributed by atoms with E-state index >= 15 is 0 Å². The fourth-order valence-electron chi connectivity index (χ4n) is 2.36. The van der Waals surface area contributed by atoms with Crippen LogP contribution in [0.3, 0.4) is 0 Å². The molecule has 7 heteroatoms. The number of β-lactam (4-membered cyclic amide) rings is 1. The van der Waals surface area contributed by atoms with E-state index in [1.807, 2.05) is 12.1 Å². The number of aliphatic carboxylic acids is 1. The Morgan fingerprint density at radius 2 is 2.35 bits per heavy atom. The number of rotatable bonds is 3. The molecule has 0 aromatic carbocycles. The number of carbonyl (C=O) groups excluding carboxylic acids is 1. The number of carboxylic acid groups (broad SMARTS) is 1. The highest BCUT2D eigenvalue weighted by atomic mass is 32.2. The molecule has 0 saturated carbocycles. The Hall–Kier alpha value is -1.86. The monoisotopic (exact) mass is 291 g/mol. The fraction of sp³-hybridized carbons (Fsp3) is 0.308. The largest absolute Gasteiger partial charge is 0.478 e. The van der Waals surface area contributed by atoms with Gasteiger partial charge >= 0.3 is 5.97 Å². The molecule has 0 radical (unpaired) electrons. The first kappa shape index (κ1) is 13.1. The van der Waals surface area contributed by atoms with Gasteiger partial charge in [0.25, 0.3) is 0 Å². The number of carbonyl (C=O) groups is 2. The zero-order valence-corrected chi connectivity index (χ0v) is 11.3. The van der Waals surface area contributed by atoms with Gasteiger partial charge in [0.1, 0.15) is 11.4 Å². The van der Waals surface area contributed by atoms with Gasteiger partial charge in [0, 0.05) is 23.8 Å². The second-order valence-electron chi connectivity index (χ2n) is 4.74. The van der Waals surface area contributed by atoms with E-state index < -0.39 is 12.0 Å². The van der Waals surface area contributed by atoms with Crippen LogP contribution >= 0.6 is 11.8 Å². The van der Waals surface area contributed by atoms with E-state index in [0.717, 1.165) is 5.56 Å². The number of aromatic nitrogens is 1. The Balaban J connectivity index is 1.86. The Morgan fingerprint density at radius 3 is 3.00 bits per heavy atom. The number of amides is 1. The van der Waals surface area contributed by atoms with Gasteiger partial charge in [-0.3, -0.25) is 9.78 Å². The summed E-state index contributed by atoms with van der Waals surface area (Å²) in [7, 11) is 0. The molecular formula is C13H13N3O3S. The molecule has 2 aliphatic rings. The average molecular weight is 291 g/mol.